The summed E-state index contributed by atoms with van der Waals surface area (Å²) in [4.78, 5) is 29.3. The molecule has 0 unspecified atom stereocenters. The summed E-state index contributed by atoms with van der Waals surface area (Å²) in [5.41, 5.74) is 1.87. The van der Waals surface area contributed by atoms with E-state index in [-0.39, 0.29) is 24.4 Å². The van der Waals surface area contributed by atoms with Crippen LogP contribution in [0.15, 0.2) is 47.1 Å². The summed E-state index contributed by atoms with van der Waals surface area (Å²) in [6.07, 6.45) is 7.07. The molecule has 174 valence electrons. The monoisotopic (exact) mass is 449 g/mol. The number of rotatable bonds is 6. The standard InChI is InChI=1S/C26H31N3O4/c1-3-32-22-12-8-7-9-18(22)16-29-24(30)21-15-23-20(13-14-33-23)28(21)17-26(29,2)25(31)27-19-10-5-4-6-11-19/h7-9,12-15,19H,3-6,10-11,16-17H2,1-2H3,(H,27,31)/t26-/m0/s1. The predicted molar refractivity (Wildman–Crippen MR) is 125 cm³/mol. The molecule has 7 nitrogen and oxygen atoms in total. The van der Waals surface area contributed by atoms with Crippen molar-refractivity contribution in [1.82, 2.24) is 14.8 Å². The molecule has 1 N–H and O–H groups in total. The number of nitrogens with one attached hydrogen (secondary N) is 1. The molecule has 0 spiro atoms. The lowest BCUT2D eigenvalue weighted by atomic mass is 9.91. The van der Waals surface area contributed by atoms with E-state index < -0.39 is 5.54 Å². The molecule has 1 saturated carbocycles. The second kappa shape index (κ2) is 8.61. The highest BCUT2D eigenvalue weighted by Gasteiger charge is 2.48. The molecule has 0 bridgehead atoms. The minimum absolute atomic E-state index is 0.104. The van der Waals surface area contributed by atoms with E-state index in [4.69, 9.17) is 9.15 Å². The van der Waals surface area contributed by atoms with Crippen LogP contribution in [0.2, 0.25) is 0 Å². The molecular formula is C26H31N3O4. The first-order valence-electron chi connectivity index (χ1n) is 11.9. The maximum Gasteiger partial charge on any atom is 0.271 e. The summed E-state index contributed by atoms with van der Waals surface area (Å²) < 4.78 is 13.3. The van der Waals surface area contributed by atoms with Crippen molar-refractivity contribution in [3.63, 3.8) is 0 Å². The van der Waals surface area contributed by atoms with Gasteiger partial charge in [-0.1, -0.05) is 37.5 Å². The van der Waals surface area contributed by atoms with Crippen LogP contribution in [0.5, 0.6) is 5.75 Å². The number of carbonyl (C=O) groups excluding carboxylic acids is 2. The number of hydrogen-bond acceptors (Lipinski definition) is 4. The lowest BCUT2D eigenvalue weighted by molar-refractivity contribution is -0.134. The first-order chi connectivity index (χ1) is 16.0. The molecule has 33 heavy (non-hydrogen) atoms. The Balaban J connectivity index is 1.54. The zero-order valence-corrected chi connectivity index (χ0v) is 19.3. The molecule has 2 amide bonds. The zero-order chi connectivity index (χ0) is 23.0. The molecule has 0 radical (unpaired) electrons. The number of ether oxygens (including phenoxy) is 1. The highest BCUT2D eigenvalue weighted by Crippen LogP contribution is 2.35. The number of nitrogens with zero attached hydrogens (tertiary/aromatic N) is 2. The van der Waals surface area contributed by atoms with Gasteiger partial charge in [-0.3, -0.25) is 9.59 Å². The quantitative estimate of drug-likeness (QED) is 0.601. The highest BCUT2D eigenvalue weighted by molar-refractivity contribution is 6.02. The molecule has 1 aliphatic heterocycles. The van der Waals surface area contributed by atoms with Crippen LogP contribution >= 0.6 is 0 Å². The van der Waals surface area contributed by atoms with Gasteiger partial charge in [-0.25, -0.2) is 0 Å². The Kier molecular flexibility index (Phi) is 5.64. The van der Waals surface area contributed by atoms with Crippen molar-refractivity contribution in [2.45, 2.75) is 70.6 Å². The largest absolute Gasteiger partial charge is 0.494 e. The van der Waals surface area contributed by atoms with Gasteiger partial charge in [-0.2, -0.15) is 0 Å². The zero-order valence-electron chi connectivity index (χ0n) is 19.3. The summed E-state index contributed by atoms with van der Waals surface area (Å²) in [7, 11) is 0. The van der Waals surface area contributed by atoms with Crippen LogP contribution in [0.1, 0.15) is 62.0 Å². The fraction of sp³-hybridized carbons (Fsp3) is 0.462. The highest BCUT2D eigenvalue weighted by atomic mass is 16.5. The Morgan fingerprint density at radius 3 is 2.79 bits per heavy atom. The van der Waals surface area contributed by atoms with Crippen molar-refractivity contribution in [3.8, 4) is 5.75 Å². The lowest BCUT2D eigenvalue weighted by Gasteiger charge is -2.45. The summed E-state index contributed by atoms with van der Waals surface area (Å²) in [5, 5.41) is 3.27. The van der Waals surface area contributed by atoms with Crippen molar-refractivity contribution in [2.24, 2.45) is 0 Å². The van der Waals surface area contributed by atoms with Gasteiger partial charge in [0, 0.05) is 23.7 Å². The average Bonchev–Trinajstić information content (AvgIpc) is 3.41. The van der Waals surface area contributed by atoms with Crippen LogP contribution in [-0.4, -0.2) is 39.5 Å². The van der Waals surface area contributed by atoms with Crippen molar-refractivity contribution in [1.29, 1.82) is 0 Å². The van der Waals surface area contributed by atoms with Crippen LogP contribution in [0.3, 0.4) is 0 Å². The van der Waals surface area contributed by atoms with E-state index in [2.05, 4.69) is 5.32 Å². The number of para-hydroxylation sites is 1. The average molecular weight is 450 g/mol. The van der Waals surface area contributed by atoms with Gasteiger partial charge in [0.25, 0.3) is 5.91 Å². The van der Waals surface area contributed by atoms with Crippen molar-refractivity contribution >= 4 is 22.9 Å². The maximum atomic E-state index is 13.8. The number of furan rings is 1. The smallest absolute Gasteiger partial charge is 0.271 e. The Labute approximate surface area is 193 Å². The summed E-state index contributed by atoms with van der Waals surface area (Å²) >= 11 is 0. The van der Waals surface area contributed by atoms with Crippen molar-refractivity contribution in [3.05, 3.63) is 53.9 Å². The fourth-order valence-corrected chi connectivity index (χ4v) is 5.21. The van der Waals surface area contributed by atoms with E-state index in [1.54, 1.807) is 17.2 Å². The van der Waals surface area contributed by atoms with Crippen molar-refractivity contribution < 1.29 is 18.7 Å². The molecular weight excluding hydrogens is 418 g/mol. The lowest BCUT2D eigenvalue weighted by Crippen LogP contribution is -2.64. The third-order valence-corrected chi connectivity index (χ3v) is 7.08. The van der Waals surface area contributed by atoms with E-state index in [9.17, 15) is 9.59 Å². The Morgan fingerprint density at radius 2 is 2.00 bits per heavy atom. The van der Waals surface area contributed by atoms with E-state index in [0.29, 0.717) is 24.4 Å². The Hall–Kier alpha value is -3.22. The van der Waals surface area contributed by atoms with Gasteiger partial charge < -0.3 is 23.9 Å². The molecule has 1 aliphatic carbocycles. The Morgan fingerprint density at radius 1 is 1.21 bits per heavy atom. The number of fused-ring (bicyclic) bond motifs is 3. The van der Waals surface area contributed by atoms with Gasteiger partial charge in [0.2, 0.25) is 5.91 Å². The van der Waals surface area contributed by atoms with E-state index in [1.165, 1.54) is 6.42 Å². The van der Waals surface area contributed by atoms with Gasteiger partial charge in [-0.05, 0) is 32.8 Å². The normalized spacial score (nSPS) is 21.3. The third-order valence-electron chi connectivity index (χ3n) is 7.08. The molecule has 3 aromatic rings. The van der Waals surface area contributed by atoms with Gasteiger partial charge in [-0.15, -0.1) is 0 Å². The predicted octanol–water partition coefficient (Wildman–Crippen LogP) is 4.50. The first-order valence-corrected chi connectivity index (χ1v) is 11.9. The second-order valence-electron chi connectivity index (χ2n) is 9.30. The van der Waals surface area contributed by atoms with Crippen LogP contribution in [0.4, 0.5) is 0 Å². The van der Waals surface area contributed by atoms with Crippen molar-refractivity contribution in [2.75, 3.05) is 6.61 Å². The molecule has 5 rings (SSSR count). The third kappa shape index (κ3) is 3.79. The number of amides is 2. The molecule has 1 atom stereocenters. The van der Waals surface area contributed by atoms with Gasteiger partial charge in [0.05, 0.1) is 31.5 Å². The van der Waals surface area contributed by atoms with Crippen LogP contribution in [0, 0.1) is 0 Å². The molecule has 1 fully saturated rings. The Bertz CT molecular complexity index is 1170. The number of carbonyl (C=O) groups is 2. The second-order valence-corrected chi connectivity index (χ2v) is 9.30. The fourth-order valence-electron chi connectivity index (χ4n) is 5.21. The maximum absolute atomic E-state index is 13.8. The van der Waals surface area contributed by atoms with E-state index in [0.717, 1.165) is 42.5 Å². The SMILES string of the molecule is CCOc1ccccc1CN1C(=O)c2cc3occc3n2C[C@@]1(C)C(=O)NC1CCCCC1. The summed E-state index contributed by atoms with van der Waals surface area (Å²) in [6.45, 7) is 5.00. The van der Waals surface area contributed by atoms with Gasteiger partial charge >= 0.3 is 0 Å². The summed E-state index contributed by atoms with van der Waals surface area (Å²) in [6, 6.07) is 11.5. The molecule has 2 aromatic heterocycles. The van der Waals surface area contributed by atoms with E-state index in [1.807, 2.05) is 48.7 Å². The number of aromatic nitrogens is 1. The van der Waals surface area contributed by atoms with Crippen LogP contribution < -0.4 is 10.1 Å². The first kappa shape index (κ1) is 21.6. The van der Waals surface area contributed by atoms with Crippen LogP contribution in [-0.2, 0) is 17.9 Å². The molecule has 7 heteroatoms. The molecule has 0 saturated heterocycles. The minimum Gasteiger partial charge on any atom is -0.494 e. The molecule has 3 heterocycles. The van der Waals surface area contributed by atoms with Gasteiger partial charge in [0.1, 0.15) is 17.0 Å². The number of benzene rings is 1. The molecule has 1 aromatic carbocycles. The van der Waals surface area contributed by atoms with Crippen LogP contribution in [0.25, 0.3) is 11.1 Å². The molecule has 2 aliphatic rings. The minimum atomic E-state index is -1.05. The number of hydrogen-bond donors (Lipinski definition) is 1. The van der Waals surface area contributed by atoms with Gasteiger partial charge in [0.15, 0.2) is 5.58 Å². The summed E-state index contributed by atoms with van der Waals surface area (Å²) in [5.74, 6) is 0.449. The topological polar surface area (TPSA) is 76.7 Å². The van der Waals surface area contributed by atoms with E-state index >= 15 is 0 Å².